The van der Waals surface area contributed by atoms with Crippen LogP contribution in [-0.2, 0) is 5.41 Å². The lowest BCUT2D eigenvalue weighted by molar-refractivity contribution is 0.404. The fourth-order valence-electron chi connectivity index (χ4n) is 3.22. The summed E-state index contributed by atoms with van der Waals surface area (Å²) in [5, 5.41) is 15.3. The second-order valence-electron chi connectivity index (χ2n) is 7.71. The Morgan fingerprint density at radius 3 is 2.47 bits per heavy atom. The van der Waals surface area contributed by atoms with Crippen molar-refractivity contribution >= 4 is 23.1 Å². The highest BCUT2D eigenvalue weighted by Crippen LogP contribution is 2.32. The van der Waals surface area contributed by atoms with Crippen LogP contribution in [0.15, 0.2) is 24.4 Å². The number of aromatic nitrogens is 5. The monoisotopic (exact) mass is 425 g/mol. The first kappa shape index (κ1) is 20.1. The van der Waals surface area contributed by atoms with Gasteiger partial charge in [-0.15, -0.1) is 10.2 Å². The van der Waals surface area contributed by atoms with Crippen LogP contribution in [0, 0.1) is 0 Å². The van der Waals surface area contributed by atoms with Gasteiger partial charge in [-0.25, -0.2) is 4.98 Å². The maximum atomic E-state index is 5.54. The zero-order chi connectivity index (χ0) is 21.5. The van der Waals surface area contributed by atoms with E-state index in [2.05, 4.69) is 36.0 Å². The quantitative estimate of drug-likeness (QED) is 0.486. The SMILES string of the molecule is COc1ccc(OC)c(-c2nnc3c(=Cc4cnc(OC)s4)c(C(C)(C)C)nn23)c1. The molecule has 1 aromatic carbocycles. The van der Waals surface area contributed by atoms with E-state index in [1.54, 1.807) is 32.0 Å². The number of fused-ring (bicyclic) bond motifs is 1. The molecule has 8 nitrogen and oxygen atoms in total. The molecule has 30 heavy (non-hydrogen) atoms. The Labute approximate surface area is 178 Å². The summed E-state index contributed by atoms with van der Waals surface area (Å²) in [5.74, 6) is 1.96. The lowest BCUT2D eigenvalue weighted by Gasteiger charge is -2.14. The number of hydrogen-bond donors (Lipinski definition) is 0. The summed E-state index contributed by atoms with van der Waals surface area (Å²) in [4.78, 5) is 5.21. The Morgan fingerprint density at radius 1 is 1.03 bits per heavy atom. The largest absolute Gasteiger partial charge is 0.497 e. The smallest absolute Gasteiger partial charge is 0.273 e. The summed E-state index contributed by atoms with van der Waals surface area (Å²) in [6.07, 6.45) is 3.81. The molecule has 0 spiro atoms. The van der Waals surface area contributed by atoms with Crippen molar-refractivity contribution in [3.05, 3.63) is 40.2 Å². The minimum Gasteiger partial charge on any atom is -0.497 e. The minimum absolute atomic E-state index is 0.197. The van der Waals surface area contributed by atoms with E-state index in [-0.39, 0.29) is 5.41 Å². The molecule has 3 heterocycles. The van der Waals surface area contributed by atoms with Crippen molar-refractivity contribution in [2.75, 3.05) is 21.3 Å². The van der Waals surface area contributed by atoms with Gasteiger partial charge < -0.3 is 14.2 Å². The van der Waals surface area contributed by atoms with Crippen molar-refractivity contribution in [2.45, 2.75) is 26.2 Å². The molecule has 9 heteroatoms. The average molecular weight is 426 g/mol. The van der Waals surface area contributed by atoms with E-state index in [1.807, 2.05) is 24.3 Å². The Hall–Kier alpha value is -3.20. The van der Waals surface area contributed by atoms with Gasteiger partial charge in [0.25, 0.3) is 5.19 Å². The zero-order valence-electron chi connectivity index (χ0n) is 17.8. The van der Waals surface area contributed by atoms with Crippen LogP contribution in [0.3, 0.4) is 0 Å². The van der Waals surface area contributed by atoms with Gasteiger partial charge in [0.1, 0.15) is 11.5 Å². The lowest BCUT2D eigenvalue weighted by atomic mass is 9.91. The molecule has 0 fully saturated rings. The zero-order valence-corrected chi connectivity index (χ0v) is 18.6. The normalized spacial score (nSPS) is 12.5. The van der Waals surface area contributed by atoms with E-state index < -0.39 is 0 Å². The number of thiazole rings is 1. The predicted octanol–water partition coefficient (Wildman–Crippen LogP) is 3.12. The molecule has 0 amide bonds. The van der Waals surface area contributed by atoms with Crippen LogP contribution in [-0.4, -0.2) is 46.1 Å². The van der Waals surface area contributed by atoms with Gasteiger partial charge in [0, 0.05) is 16.8 Å². The van der Waals surface area contributed by atoms with E-state index in [0.717, 1.165) is 21.4 Å². The molecule has 0 bridgehead atoms. The number of benzene rings is 1. The number of hydrogen-bond acceptors (Lipinski definition) is 8. The van der Waals surface area contributed by atoms with Crippen molar-refractivity contribution < 1.29 is 14.2 Å². The first-order valence-electron chi connectivity index (χ1n) is 9.35. The van der Waals surface area contributed by atoms with Gasteiger partial charge in [-0.2, -0.15) is 9.61 Å². The lowest BCUT2D eigenvalue weighted by Crippen LogP contribution is -2.22. The molecule has 4 rings (SSSR count). The van der Waals surface area contributed by atoms with Crippen molar-refractivity contribution in [2.24, 2.45) is 0 Å². The number of ether oxygens (including phenoxy) is 3. The molecule has 156 valence electrons. The van der Waals surface area contributed by atoms with Crippen molar-refractivity contribution in [1.82, 2.24) is 24.8 Å². The van der Waals surface area contributed by atoms with Gasteiger partial charge in [-0.05, 0) is 24.3 Å². The highest BCUT2D eigenvalue weighted by molar-refractivity contribution is 7.14. The minimum atomic E-state index is -0.197. The highest BCUT2D eigenvalue weighted by Gasteiger charge is 2.25. The van der Waals surface area contributed by atoms with Gasteiger partial charge in [-0.1, -0.05) is 32.1 Å². The van der Waals surface area contributed by atoms with E-state index in [1.165, 1.54) is 11.3 Å². The summed E-state index contributed by atoms with van der Waals surface area (Å²) in [6, 6.07) is 5.56. The maximum Gasteiger partial charge on any atom is 0.273 e. The molecule has 3 aromatic heterocycles. The second kappa shape index (κ2) is 7.56. The van der Waals surface area contributed by atoms with Gasteiger partial charge >= 0.3 is 0 Å². The fraction of sp³-hybridized carbons (Fsp3) is 0.333. The van der Waals surface area contributed by atoms with Gasteiger partial charge in [0.15, 0.2) is 11.5 Å². The van der Waals surface area contributed by atoms with Crippen LogP contribution >= 0.6 is 11.3 Å². The third-order valence-corrected chi connectivity index (χ3v) is 5.56. The molecular formula is C21H23N5O3S. The Morgan fingerprint density at radius 2 is 1.83 bits per heavy atom. The molecule has 0 atom stereocenters. The third-order valence-electron chi connectivity index (χ3n) is 4.66. The fourth-order valence-corrected chi connectivity index (χ4v) is 3.89. The van der Waals surface area contributed by atoms with E-state index in [0.29, 0.717) is 28.2 Å². The molecule has 4 aromatic rings. The van der Waals surface area contributed by atoms with Crippen LogP contribution < -0.4 is 19.4 Å². The number of rotatable bonds is 5. The molecule has 0 N–H and O–H groups in total. The van der Waals surface area contributed by atoms with Crippen LogP contribution in [0.2, 0.25) is 0 Å². The molecule has 0 unspecified atom stereocenters. The van der Waals surface area contributed by atoms with Crippen LogP contribution in [0.4, 0.5) is 0 Å². The van der Waals surface area contributed by atoms with E-state index in [9.17, 15) is 0 Å². The summed E-state index contributed by atoms with van der Waals surface area (Å²) >= 11 is 1.46. The molecule has 0 aliphatic rings. The number of nitrogens with zero attached hydrogens (tertiary/aromatic N) is 5. The topological polar surface area (TPSA) is 83.7 Å². The first-order chi connectivity index (χ1) is 14.4. The highest BCUT2D eigenvalue weighted by atomic mass is 32.1. The molecular weight excluding hydrogens is 402 g/mol. The average Bonchev–Trinajstić information content (AvgIpc) is 3.43. The summed E-state index contributed by atoms with van der Waals surface area (Å²) in [7, 11) is 4.86. The third kappa shape index (κ3) is 3.45. The maximum absolute atomic E-state index is 5.54. The summed E-state index contributed by atoms with van der Waals surface area (Å²) < 4.78 is 17.9. The van der Waals surface area contributed by atoms with Crippen LogP contribution in [0.5, 0.6) is 16.7 Å². The molecule has 0 radical (unpaired) electrons. The van der Waals surface area contributed by atoms with Crippen molar-refractivity contribution in [3.8, 4) is 28.1 Å². The molecule has 0 saturated heterocycles. The second-order valence-corrected chi connectivity index (χ2v) is 8.74. The van der Waals surface area contributed by atoms with Crippen LogP contribution in [0.25, 0.3) is 23.1 Å². The molecule has 0 aliphatic carbocycles. The van der Waals surface area contributed by atoms with Gasteiger partial charge in [0.05, 0.1) is 37.5 Å². The van der Waals surface area contributed by atoms with Crippen molar-refractivity contribution in [1.29, 1.82) is 0 Å². The first-order valence-corrected chi connectivity index (χ1v) is 10.2. The standard InChI is InChI=1S/C21H23N5O3S/c1-21(2,3)17-15(10-13-11-22-20(29-6)30-13)19-24-23-18(26(19)25-17)14-9-12(27-4)7-8-16(14)28-5/h7-11H,1-6H3. The summed E-state index contributed by atoms with van der Waals surface area (Å²) in [6.45, 7) is 6.37. The predicted molar refractivity (Wildman–Crippen MR) is 115 cm³/mol. The van der Waals surface area contributed by atoms with E-state index in [4.69, 9.17) is 19.3 Å². The van der Waals surface area contributed by atoms with Crippen molar-refractivity contribution in [3.63, 3.8) is 0 Å². The Bertz CT molecular complexity index is 1260. The van der Waals surface area contributed by atoms with E-state index >= 15 is 0 Å². The van der Waals surface area contributed by atoms with Crippen LogP contribution in [0.1, 0.15) is 31.3 Å². The van der Waals surface area contributed by atoms with Gasteiger partial charge in [-0.3, -0.25) is 0 Å². The molecule has 0 aliphatic heterocycles. The molecule has 0 saturated carbocycles. The summed E-state index contributed by atoms with van der Waals surface area (Å²) in [5.41, 5.74) is 2.15. The number of methoxy groups -OCH3 is 3. The Kier molecular flexibility index (Phi) is 5.07. The Balaban J connectivity index is 1.98. The van der Waals surface area contributed by atoms with Gasteiger partial charge in [0.2, 0.25) is 0 Å².